The van der Waals surface area contributed by atoms with Crippen molar-refractivity contribution in [1.82, 2.24) is 10.2 Å². The second-order valence-electron chi connectivity index (χ2n) is 5.55. The fourth-order valence-corrected chi connectivity index (χ4v) is 2.83. The third-order valence-corrected chi connectivity index (χ3v) is 3.90. The Kier molecular flexibility index (Phi) is 15.2. The summed E-state index contributed by atoms with van der Waals surface area (Å²) >= 11 is 0. The molecule has 20 heavy (non-hydrogen) atoms. The zero-order chi connectivity index (χ0) is 15.1. The van der Waals surface area contributed by atoms with Crippen LogP contribution in [0.15, 0.2) is 0 Å². The van der Waals surface area contributed by atoms with E-state index in [0.717, 1.165) is 12.5 Å². The minimum Gasteiger partial charge on any atom is -0.384 e. The molecule has 3 heteroatoms. The third kappa shape index (κ3) is 10.6. The van der Waals surface area contributed by atoms with Crippen LogP contribution < -0.4 is 5.32 Å². The first-order valence-electron chi connectivity index (χ1n) is 8.78. The van der Waals surface area contributed by atoms with E-state index >= 15 is 0 Å². The zero-order valence-electron chi connectivity index (χ0n) is 14.4. The van der Waals surface area contributed by atoms with Gasteiger partial charge in [0, 0.05) is 39.9 Å². The van der Waals surface area contributed by atoms with E-state index in [1.807, 2.05) is 21.0 Å². The number of hydrogen-bond acceptors (Lipinski definition) is 3. The van der Waals surface area contributed by atoms with Crippen LogP contribution in [0.2, 0.25) is 0 Å². The smallest absolute Gasteiger partial charge is 0.0490 e. The number of ether oxygens (including phenoxy) is 1. The van der Waals surface area contributed by atoms with Crippen molar-refractivity contribution in [3.8, 4) is 0 Å². The highest BCUT2D eigenvalue weighted by atomic mass is 16.5. The van der Waals surface area contributed by atoms with Crippen LogP contribution in [0.5, 0.6) is 0 Å². The van der Waals surface area contributed by atoms with E-state index in [1.165, 1.54) is 71.2 Å². The lowest BCUT2D eigenvalue weighted by Gasteiger charge is -2.27. The molecule has 0 aromatic rings. The number of nitrogens with one attached hydrogen (secondary N) is 1. The highest BCUT2D eigenvalue weighted by molar-refractivity contribution is 4.67. The Labute approximate surface area is 127 Å². The molecule has 0 spiro atoms. The molecular weight excluding hydrogens is 248 g/mol. The van der Waals surface area contributed by atoms with Gasteiger partial charge < -0.3 is 15.0 Å². The van der Waals surface area contributed by atoms with Crippen LogP contribution in [0.4, 0.5) is 0 Å². The van der Waals surface area contributed by atoms with E-state index in [0.29, 0.717) is 0 Å². The maximum atomic E-state index is 5.29. The Morgan fingerprint density at radius 2 is 1.75 bits per heavy atom. The van der Waals surface area contributed by atoms with Gasteiger partial charge in [-0.25, -0.2) is 0 Å². The van der Waals surface area contributed by atoms with E-state index in [-0.39, 0.29) is 0 Å². The monoisotopic (exact) mass is 286 g/mol. The molecule has 1 rings (SSSR count). The summed E-state index contributed by atoms with van der Waals surface area (Å²) in [6, 6.07) is 0. The molecule has 122 valence electrons. The van der Waals surface area contributed by atoms with Gasteiger partial charge in [0.1, 0.15) is 0 Å². The molecule has 0 aromatic heterocycles. The van der Waals surface area contributed by atoms with Crippen molar-refractivity contribution in [3.63, 3.8) is 0 Å². The fraction of sp³-hybridized carbons (Fsp3) is 1.00. The van der Waals surface area contributed by atoms with Crippen molar-refractivity contribution < 1.29 is 4.74 Å². The second-order valence-corrected chi connectivity index (χ2v) is 5.55. The Balaban J connectivity index is 0.00000172. The van der Waals surface area contributed by atoms with Gasteiger partial charge in [-0.2, -0.15) is 0 Å². The van der Waals surface area contributed by atoms with Gasteiger partial charge in [0.2, 0.25) is 0 Å². The van der Waals surface area contributed by atoms with Gasteiger partial charge in [0.15, 0.2) is 0 Å². The first-order chi connectivity index (χ1) is 9.86. The van der Waals surface area contributed by atoms with Gasteiger partial charge in [0.05, 0.1) is 0 Å². The molecule has 0 bridgehead atoms. The van der Waals surface area contributed by atoms with Gasteiger partial charge >= 0.3 is 0 Å². The van der Waals surface area contributed by atoms with Crippen LogP contribution in [0.1, 0.15) is 59.3 Å². The molecule has 1 saturated heterocycles. The highest BCUT2D eigenvalue weighted by Crippen LogP contribution is 2.16. The van der Waals surface area contributed by atoms with Gasteiger partial charge in [0.25, 0.3) is 0 Å². The van der Waals surface area contributed by atoms with Crippen molar-refractivity contribution in [2.75, 3.05) is 46.4 Å². The number of piperazine rings is 1. The van der Waals surface area contributed by atoms with Crippen LogP contribution in [0.3, 0.4) is 0 Å². The summed E-state index contributed by atoms with van der Waals surface area (Å²) in [7, 11) is 1.83. The molecule has 0 aliphatic carbocycles. The summed E-state index contributed by atoms with van der Waals surface area (Å²) in [6.45, 7) is 13.3. The normalized spacial score (nSPS) is 17.4. The average Bonchev–Trinajstić information content (AvgIpc) is 2.50. The van der Waals surface area contributed by atoms with E-state index < -0.39 is 0 Å². The second kappa shape index (κ2) is 15.3. The molecule has 0 amide bonds. The Bertz CT molecular complexity index is 176. The van der Waals surface area contributed by atoms with E-state index in [9.17, 15) is 0 Å². The lowest BCUT2D eigenvalue weighted by atomic mass is 9.97. The predicted octanol–water partition coefficient (Wildman–Crippen LogP) is 3.54. The van der Waals surface area contributed by atoms with Gasteiger partial charge in [-0.05, 0) is 31.7 Å². The average molecular weight is 287 g/mol. The third-order valence-electron chi connectivity index (χ3n) is 3.90. The van der Waals surface area contributed by atoms with E-state index in [4.69, 9.17) is 4.74 Å². The summed E-state index contributed by atoms with van der Waals surface area (Å²) in [6.07, 6.45) is 8.09. The minimum atomic E-state index is 0.791. The topological polar surface area (TPSA) is 24.5 Å². The van der Waals surface area contributed by atoms with Crippen molar-refractivity contribution in [2.45, 2.75) is 59.3 Å². The van der Waals surface area contributed by atoms with Crippen molar-refractivity contribution in [2.24, 2.45) is 5.92 Å². The van der Waals surface area contributed by atoms with Gasteiger partial charge in [-0.3, -0.25) is 0 Å². The lowest BCUT2D eigenvalue weighted by molar-refractivity contribution is 0.140. The van der Waals surface area contributed by atoms with Crippen molar-refractivity contribution >= 4 is 0 Å². The minimum absolute atomic E-state index is 0.791. The molecule has 0 radical (unpaired) electrons. The molecule has 1 fully saturated rings. The van der Waals surface area contributed by atoms with E-state index in [1.54, 1.807) is 0 Å². The van der Waals surface area contributed by atoms with Crippen LogP contribution in [-0.2, 0) is 4.74 Å². The number of methoxy groups -OCH3 is 1. The van der Waals surface area contributed by atoms with Crippen LogP contribution in [-0.4, -0.2) is 51.3 Å². The molecule has 1 unspecified atom stereocenters. The van der Waals surface area contributed by atoms with Crippen LogP contribution >= 0.6 is 0 Å². The molecule has 1 heterocycles. The predicted molar refractivity (Wildman–Crippen MR) is 89.4 cm³/mol. The van der Waals surface area contributed by atoms with Gasteiger partial charge in [-0.1, -0.05) is 40.0 Å². The molecule has 1 aliphatic rings. The fourth-order valence-electron chi connectivity index (χ4n) is 2.83. The summed E-state index contributed by atoms with van der Waals surface area (Å²) in [4.78, 5) is 2.59. The molecule has 3 nitrogen and oxygen atoms in total. The quantitative estimate of drug-likeness (QED) is 0.622. The molecule has 1 N–H and O–H groups in total. The molecule has 0 saturated carbocycles. The number of rotatable bonds is 10. The first-order valence-corrected chi connectivity index (χ1v) is 8.78. The molecule has 1 aliphatic heterocycles. The van der Waals surface area contributed by atoms with Gasteiger partial charge in [-0.15, -0.1) is 0 Å². The van der Waals surface area contributed by atoms with Crippen molar-refractivity contribution in [1.29, 1.82) is 0 Å². The highest BCUT2D eigenvalue weighted by Gasteiger charge is 2.09. The van der Waals surface area contributed by atoms with Crippen LogP contribution in [0.25, 0.3) is 0 Å². The van der Waals surface area contributed by atoms with Crippen LogP contribution in [0, 0.1) is 5.92 Å². The lowest BCUT2D eigenvalue weighted by Crippen LogP contribution is -2.43. The maximum absolute atomic E-state index is 5.29. The molecular formula is C17H38N2O. The SMILES string of the molecule is CC.CCCC(CCCCCN1CCNCC1)COC. The number of nitrogens with zero attached hydrogens (tertiary/aromatic N) is 1. The summed E-state index contributed by atoms with van der Waals surface area (Å²) in [5.41, 5.74) is 0. The molecule has 1 atom stereocenters. The first kappa shape index (κ1) is 19.9. The Hall–Kier alpha value is -0.120. The number of unbranched alkanes of at least 4 members (excludes halogenated alkanes) is 2. The Morgan fingerprint density at radius 3 is 2.35 bits per heavy atom. The maximum Gasteiger partial charge on any atom is 0.0490 e. The van der Waals surface area contributed by atoms with E-state index in [2.05, 4.69) is 17.1 Å². The number of hydrogen-bond donors (Lipinski definition) is 1. The van der Waals surface area contributed by atoms with Crippen molar-refractivity contribution in [3.05, 3.63) is 0 Å². The standard InChI is InChI=1S/C15H32N2O.C2H6/c1-3-7-15(14-18-2)8-5-4-6-11-17-12-9-16-10-13-17;1-2/h15-16H,3-14H2,1-2H3;1-2H3. The Morgan fingerprint density at radius 1 is 1.05 bits per heavy atom. The molecule has 0 aromatic carbocycles. The summed E-state index contributed by atoms with van der Waals surface area (Å²) in [5, 5.41) is 3.40. The summed E-state index contributed by atoms with van der Waals surface area (Å²) < 4.78 is 5.29. The summed E-state index contributed by atoms with van der Waals surface area (Å²) in [5.74, 6) is 0.791. The largest absolute Gasteiger partial charge is 0.384 e. The zero-order valence-corrected chi connectivity index (χ0v) is 14.4.